The van der Waals surface area contributed by atoms with Crippen LogP contribution in [0.15, 0.2) is 42.0 Å². The molecule has 1 aliphatic heterocycles. The third-order valence-corrected chi connectivity index (χ3v) is 5.18. The van der Waals surface area contributed by atoms with Crippen LogP contribution in [0.4, 0.5) is 26.1 Å². The maximum Gasteiger partial charge on any atom is 0.586 e. The minimum Gasteiger partial charge on any atom is -0.395 e. The number of thiazole rings is 1. The number of aromatic nitrogens is 2. The summed E-state index contributed by atoms with van der Waals surface area (Å²) in [5.41, 5.74) is 2.89. The fourth-order valence-electron chi connectivity index (χ4n) is 2.97. The van der Waals surface area contributed by atoms with Gasteiger partial charge in [0.1, 0.15) is 11.6 Å². The number of alkyl halides is 2. The Morgan fingerprint density at radius 3 is 2.81 bits per heavy atom. The maximum atomic E-state index is 13.1. The van der Waals surface area contributed by atoms with E-state index in [9.17, 15) is 13.6 Å². The van der Waals surface area contributed by atoms with E-state index in [2.05, 4.69) is 35.4 Å². The van der Waals surface area contributed by atoms with Crippen molar-refractivity contribution in [3.63, 3.8) is 0 Å². The Balaban J connectivity index is 1.34. The topological polar surface area (TPSA) is 118 Å². The number of pyridine rings is 1. The van der Waals surface area contributed by atoms with Crippen LogP contribution in [0, 0.1) is 0 Å². The van der Waals surface area contributed by atoms with Gasteiger partial charge in [-0.2, -0.15) is 0 Å². The van der Waals surface area contributed by atoms with E-state index in [1.54, 1.807) is 11.7 Å². The number of ether oxygens (including phenoxy) is 2. The number of amides is 1. The molecule has 32 heavy (non-hydrogen) atoms. The number of carbonyl (C=O) groups is 1. The summed E-state index contributed by atoms with van der Waals surface area (Å²) >= 11 is 1.33. The van der Waals surface area contributed by atoms with Crippen molar-refractivity contribution in [1.29, 1.82) is 0 Å². The van der Waals surface area contributed by atoms with E-state index in [1.807, 2.05) is 12.1 Å². The Kier molecular flexibility index (Phi) is 6.32. The average molecular weight is 463 g/mol. The zero-order valence-corrected chi connectivity index (χ0v) is 17.4. The van der Waals surface area contributed by atoms with Crippen molar-refractivity contribution in [3.05, 3.63) is 52.5 Å². The van der Waals surface area contributed by atoms with Gasteiger partial charge in [-0.3, -0.25) is 4.79 Å². The van der Waals surface area contributed by atoms with Crippen molar-refractivity contribution in [3.8, 4) is 11.5 Å². The predicted octanol–water partition coefficient (Wildman–Crippen LogP) is 3.06. The fourth-order valence-corrected chi connectivity index (χ4v) is 3.70. The normalized spacial score (nSPS) is 13.6. The number of aliphatic hydroxyl groups is 1. The average Bonchev–Trinajstić information content (AvgIpc) is 3.32. The van der Waals surface area contributed by atoms with Crippen molar-refractivity contribution in [1.82, 2.24) is 9.97 Å². The highest BCUT2D eigenvalue weighted by atomic mass is 32.1. The van der Waals surface area contributed by atoms with Crippen molar-refractivity contribution in [2.75, 3.05) is 29.1 Å². The highest BCUT2D eigenvalue weighted by Gasteiger charge is 2.43. The summed E-state index contributed by atoms with van der Waals surface area (Å²) < 4.78 is 35.0. The molecule has 4 N–H and O–H groups in total. The van der Waals surface area contributed by atoms with Gasteiger partial charge in [0, 0.05) is 31.0 Å². The first-order valence-corrected chi connectivity index (χ1v) is 10.5. The predicted molar refractivity (Wildman–Crippen MR) is 114 cm³/mol. The Morgan fingerprint density at radius 1 is 1.12 bits per heavy atom. The minimum absolute atomic E-state index is 0.00709. The molecular weight excluding hydrogens is 444 g/mol. The lowest BCUT2D eigenvalue weighted by molar-refractivity contribution is -0.286. The molecule has 1 aromatic carbocycles. The monoisotopic (exact) mass is 463 g/mol. The van der Waals surface area contributed by atoms with Gasteiger partial charge < -0.3 is 30.5 Å². The van der Waals surface area contributed by atoms with Crippen LogP contribution in [0.25, 0.3) is 0 Å². The Bertz CT molecular complexity index is 1110. The lowest BCUT2D eigenvalue weighted by atomic mass is 10.2. The number of hydrogen-bond donors (Lipinski definition) is 4. The molecule has 0 radical (unpaired) electrons. The molecular formula is C20H19F2N5O4S. The second-order valence-corrected chi connectivity index (χ2v) is 7.67. The zero-order chi connectivity index (χ0) is 22.6. The van der Waals surface area contributed by atoms with Gasteiger partial charge in [0.2, 0.25) is 5.91 Å². The molecule has 0 bridgehead atoms. The molecule has 1 amide bonds. The lowest BCUT2D eigenvalue weighted by Crippen LogP contribution is -2.25. The third kappa shape index (κ3) is 5.39. The summed E-state index contributed by atoms with van der Waals surface area (Å²) in [5, 5.41) is 17.8. The highest BCUT2D eigenvalue weighted by Crippen LogP contribution is 2.42. The smallest absolute Gasteiger partial charge is 0.395 e. The van der Waals surface area contributed by atoms with Crippen LogP contribution < -0.4 is 25.4 Å². The third-order valence-electron chi connectivity index (χ3n) is 4.35. The molecule has 3 heterocycles. The number of hydrogen-bond acceptors (Lipinski definition) is 9. The first-order chi connectivity index (χ1) is 15.4. The number of anilines is 3. The van der Waals surface area contributed by atoms with Crippen molar-refractivity contribution in [2.24, 2.45) is 0 Å². The van der Waals surface area contributed by atoms with Crippen LogP contribution >= 0.6 is 11.3 Å². The summed E-state index contributed by atoms with van der Waals surface area (Å²) in [5.74, 6) is 0.670. The number of halogens is 2. The Morgan fingerprint density at radius 2 is 1.97 bits per heavy atom. The van der Waals surface area contributed by atoms with E-state index < -0.39 is 6.29 Å². The molecule has 9 nitrogen and oxygen atoms in total. The number of nitrogens with one attached hydrogen (secondary N) is 3. The number of benzene rings is 1. The van der Waals surface area contributed by atoms with Gasteiger partial charge in [-0.1, -0.05) is 0 Å². The number of aliphatic hydroxyl groups excluding tert-OH is 1. The molecule has 0 fully saturated rings. The number of carbonyl (C=O) groups excluding carboxylic acids is 1. The van der Waals surface area contributed by atoms with Crippen LogP contribution in [0.2, 0.25) is 0 Å². The van der Waals surface area contributed by atoms with Gasteiger partial charge in [0.15, 0.2) is 11.5 Å². The van der Waals surface area contributed by atoms with Gasteiger partial charge in [0.25, 0.3) is 0 Å². The SMILES string of the molecule is O=C(Cc1scnc1NCc1ccnc(NCCO)c1)Nc1ccc2c(c1)OC(F)(F)O2. The molecule has 0 saturated heterocycles. The molecule has 0 saturated carbocycles. The first kappa shape index (κ1) is 21.7. The van der Waals surface area contributed by atoms with Crippen molar-refractivity contribution >= 4 is 34.6 Å². The highest BCUT2D eigenvalue weighted by molar-refractivity contribution is 7.10. The van der Waals surface area contributed by atoms with E-state index in [1.165, 1.54) is 29.5 Å². The summed E-state index contributed by atoms with van der Waals surface area (Å²) in [6, 6.07) is 7.75. The Hall–Kier alpha value is -3.51. The number of nitrogens with zero attached hydrogens (tertiary/aromatic N) is 2. The van der Waals surface area contributed by atoms with Crippen LogP contribution in [0.5, 0.6) is 11.5 Å². The van der Waals surface area contributed by atoms with Gasteiger partial charge in [0.05, 0.1) is 23.4 Å². The van der Waals surface area contributed by atoms with Gasteiger partial charge in [-0.25, -0.2) is 9.97 Å². The zero-order valence-electron chi connectivity index (χ0n) is 16.6. The fraction of sp³-hybridized carbons (Fsp3) is 0.250. The van der Waals surface area contributed by atoms with E-state index >= 15 is 0 Å². The van der Waals surface area contributed by atoms with Crippen LogP contribution in [0.1, 0.15) is 10.4 Å². The standard InChI is InChI=1S/C20H19F2N5O4S/c21-20(22)30-14-2-1-13(8-15(14)31-20)27-18(29)9-16-19(26-11-32-16)25-10-12-3-4-23-17(7-12)24-5-6-28/h1-4,7-8,11,25,28H,5-6,9-10H2,(H,23,24)(H,27,29). The quantitative estimate of drug-likeness (QED) is 0.383. The van der Waals surface area contributed by atoms with Crippen LogP contribution in [-0.2, 0) is 17.8 Å². The number of fused-ring (bicyclic) bond motifs is 1. The molecule has 0 spiro atoms. The summed E-state index contributed by atoms with van der Waals surface area (Å²) in [7, 11) is 0. The molecule has 4 rings (SSSR count). The lowest BCUT2D eigenvalue weighted by Gasteiger charge is -2.09. The summed E-state index contributed by atoms with van der Waals surface area (Å²) in [4.78, 5) is 21.6. The minimum atomic E-state index is -3.71. The molecule has 3 aromatic rings. The van der Waals surface area contributed by atoms with Crippen LogP contribution in [-0.4, -0.2) is 40.4 Å². The maximum absolute atomic E-state index is 13.1. The first-order valence-electron chi connectivity index (χ1n) is 9.57. The molecule has 12 heteroatoms. The molecule has 0 unspecified atom stereocenters. The molecule has 0 aliphatic carbocycles. The molecule has 1 aliphatic rings. The molecule has 0 atom stereocenters. The summed E-state index contributed by atoms with van der Waals surface area (Å²) in [6.07, 6.45) is -2.00. The largest absolute Gasteiger partial charge is 0.586 e. The molecule has 168 valence electrons. The summed E-state index contributed by atoms with van der Waals surface area (Å²) in [6.45, 7) is 0.874. The van der Waals surface area contributed by atoms with E-state index in [0.29, 0.717) is 30.4 Å². The van der Waals surface area contributed by atoms with Gasteiger partial charge >= 0.3 is 6.29 Å². The van der Waals surface area contributed by atoms with E-state index in [0.717, 1.165) is 10.4 Å². The molecule has 2 aromatic heterocycles. The van der Waals surface area contributed by atoms with E-state index in [-0.39, 0.29) is 30.4 Å². The van der Waals surface area contributed by atoms with Gasteiger partial charge in [-0.05, 0) is 29.8 Å². The number of rotatable bonds is 9. The van der Waals surface area contributed by atoms with Crippen LogP contribution in [0.3, 0.4) is 0 Å². The van der Waals surface area contributed by atoms with E-state index in [4.69, 9.17) is 5.11 Å². The second-order valence-electron chi connectivity index (χ2n) is 6.73. The second kappa shape index (κ2) is 9.32. The Labute approximate surface area is 185 Å². The van der Waals surface area contributed by atoms with Gasteiger partial charge in [-0.15, -0.1) is 20.1 Å². The van der Waals surface area contributed by atoms with Crippen molar-refractivity contribution < 1.29 is 28.2 Å². The van der Waals surface area contributed by atoms with Crippen molar-refractivity contribution in [2.45, 2.75) is 19.3 Å².